The van der Waals surface area contributed by atoms with Gasteiger partial charge < -0.3 is 0 Å². The Morgan fingerprint density at radius 3 is 2.45 bits per heavy atom. The second-order valence-electron chi connectivity index (χ2n) is 7.09. The van der Waals surface area contributed by atoms with E-state index in [0.717, 1.165) is 18.8 Å². The minimum atomic E-state index is -0.349. The Morgan fingerprint density at radius 1 is 1.23 bits per heavy atom. The maximum absolute atomic E-state index is 12.4. The summed E-state index contributed by atoms with van der Waals surface area (Å²) in [5.41, 5.74) is 0. The summed E-state index contributed by atoms with van der Waals surface area (Å²) in [5, 5.41) is -0.349. The van der Waals surface area contributed by atoms with E-state index >= 15 is 0 Å². The van der Waals surface area contributed by atoms with Crippen molar-refractivity contribution >= 4 is 29.4 Å². The molecule has 0 radical (unpaired) electrons. The van der Waals surface area contributed by atoms with Crippen molar-refractivity contribution < 1.29 is 14.4 Å². The molecular weight excluding hydrogens is 298 g/mol. The van der Waals surface area contributed by atoms with Gasteiger partial charge in [0.15, 0.2) is 0 Å². The van der Waals surface area contributed by atoms with E-state index in [1.165, 1.54) is 29.5 Å². The number of ketones is 1. The number of carbonyl (C=O) groups excluding carboxylic acids is 3. The van der Waals surface area contributed by atoms with Crippen molar-refractivity contribution in [2.24, 2.45) is 17.8 Å². The van der Waals surface area contributed by atoms with Crippen LogP contribution in [0.2, 0.25) is 0 Å². The monoisotopic (exact) mass is 325 g/mol. The molecule has 1 unspecified atom stereocenters. The standard InChI is InChI=1S/C17H27NO3S/c1-11(2)14(19)10-22-15-8-16(20)18(17(15)21)9-13-6-4-12(3)5-7-13/h11-13,15H,4-10H2,1-3H3. The third kappa shape index (κ3) is 4.34. The SMILES string of the molecule is CC1CCC(CN2C(=O)CC(SCC(=O)C(C)C)C2=O)CC1. The number of thioether (sulfide) groups is 1. The number of hydrogen-bond donors (Lipinski definition) is 0. The van der Waals surface area contributed by atoms with Crippen molar-refractivity contribution in [2.75, 3.05) is 12.3 Å². The molecule has 2 rings (SSSR count). The van der Waals surface area contributed by atoms with Crippen LogP contribution in [-0.4, -0.2) is 40.0 Å². The maximum atomic E-state index is 12.4. The molecule has 0 N–H and O–H groups in total. The minimum absolute atomic E-state index is 0.0139. The van der Waals surface area contributed by atoms with Crippen molar-refractivity contribution in [2.45, 2.75) is 58.1 Å². The van der Waals surface area contributed by atoms with Crippen LogP contribution in [-0.2, 0) is 14.4 Å². The summed E-state index contributed by atoms with van der Waals surface area (Å²) in [6.45, 7) is 6.57. The molecule has 1 heterocycles. The van der Waals surface area contributed by atoms with Crippen LogP contribution in [0, 0.1) is 17.8 Å². The number of rotatable bonds is 6. The minimum Gasteiger partial charge on any atom is -0.298 e. The van der Waals surface area contributed by atoms with Crippen molar-refractivity contribution in [3.8, 4) is 0 Å². The van der Waals surface area contributed by atoms with Crippen LogP contribution in [0.5, 0.6) is 0 Å². The fraction of sp³-hybridized carbons (Fsp3) is 0.824. The number of Topliss-reactive ketones (excluding diaryl/α,β-unsaturated/α-hetero) is 1. The molecule has 124 valence electrons. The summed E-state index contributed by atoms with van der Waals surface area (Å²) < 4.78 is 0. The van der Waals surface area contributed by atoms with Gasteiger partial charge in [-0.05, 0) is 24.7 Å². The topological polar surface area (TPSA) is 54.5 Å². The van der Waals surface area contributed by atoms with E-state index < -0.39 is 0 Å². The summed E-state index contributed by atoms with van der Waals surface area (Å²) in [6, 6.07) is 0. The van der Waals surface area contributed by atoms with E-state index in [0.29, 0.717) is 18.2 Å². The highest BCUT2D eigenvalue weighted by atomic mass is 32.2. The van der Waals surface area contributed by atoms with Gasteiger partial charge in [-0.25, -0.2) is 0 Å². The average molecular weight is 325 g/mol. The second kappa shape index (κ2) is 7.62. The average Bonchev–Trinajstić information content (AvgIpc) is 2.74. The normalized spacial score (nSPS) is 29.5. The molecule has 1 atom stereocenters. The molecule has 2 aliphatic rings. The zero-order valence-corrected chi connectivity index (χ0v) is 14.7. The molecule has 22 heavy (non-hydrogen) atoms. The first-order valence-electron chi connectivity index (χ1n) is 8.37. The number of carbonyl (C=O) groups is 3. The van der Waals surface area contributed by atoms with Gasteiger partial charge in [0.25, 0.3) is 0 Å². The Hall–Kier alpha value is -0.840. The largest absolute Gasteiger partial charge is 0.298 e. The van der Waals surface area contributed by atoms with Crippen LogP contribution in [0.1, 0.15) is 52.9 Å². The number of likely N-dealkylation sites (tertiary alicyclic amines) is 1. The van der Waals surface area contributed by atoms with Gasteiger partial charge in [-0.15, -0.1) is 11.8 Å². The zero-order valence-electron chi connectivity index (χ0n) is 13.8. The van der Waals surface area contributed by atoms with Crippen molar-refractivity contribution in [1.29, 1.82) is 0 Å². The predicted molar refractivity (Wildman–Crippen MR) is 88.6 cm³/mol. The lowest BCUT2D eigenvalue weighted by molar-refractivity contribution is -0.139. The van der Waals surface area contributed by atoms with Gasteiger partial charge in [0.2, 0.25) is 11.8 Å². The van der Waals surface area contributed by atoms with Gasteiger partial charge in [0.1, 0.15) is 5.78 Å². The molecular formula is C17H27NO3S. The third-order valence-electron chi connectivity index (χ3n) is 4.85. The molecule has 2 amide bonds. The van der Waals surface area contributed by atoms with E-state index in [2.05, 4.69) is 6.92 Å². The second-order valence-corrected chi connectivity index (χ2v) is 8.28. The Morgan fingerprint density at radius 2 is 1.86 bits per heavy atom. The molecule has 1 saturated heterocycles. The van der Waals surface area contributed by atoms with E-state index in [9.17, 15) is 14.4 Å². The Kier molecular flexibility index (Phi) is 6.07. The molecule has 1 aliphatic heterocycles. The molecule has 5 heteroatoms. The van der Waals surface area contributed by atoms with Crippen LogP contribution in [0.25, 0.3) is 0 Å². The van der Waals surface area contributed by atoms with Gasteiger partial charge in [-0.2, -0.15) is 0 Å². The van der Waals surface area contributed by atoms with E-state index in [1.54, 1.807) is 0 Å². The molecule has 0 aromatic heterocycles. The van der Waals surface area contributed by atoms with E-state index in [1.807, 2.05) is 13.8 Å². The molecule has 0 aromatic rings. The van der Waals surface area contributed by atoms with Crippen molar-refractivity contribution in [1.82, 2.24) is 4.90 Å². The number of amides is 2. The van der Waals surface area contributed by atoms with Gasteiger partial charge in [-0.3, -0.25) is 19.3 Å². The van der Waals surface area contributed by atoms with Gasteiger partial charge in [-0.1, -0.05) is 33.6 Å². The number of imide groups is 1. The summed E-state index contributed by atoms with van der Waals surface area (Å²) in [5.74, 6) is 1.56. The maximum Gasteiger partial charge on any atom is 0.242 e. The molecule has 0 bridgehead atoms. The molecule has 2 fully saturated rings. The van der Waals surface area contributed by atoms with Gasteiger partial charge >= 0.3 is 0 Å². The molecule has 1 saturated carbocycles. The summed E-state index contributed by atoms with van der Waals surface area (Å²) >= 11 is 1.34. The fourth-order valence-electron chi connectivity index (χ4n) is 3.09. The van der Waals surface area contributed by atoms with Crippen LogP contribution in [0.15, 0.2) is 0 Å². The van der Waals surface area contributed by atoms with E-state index in [4.69, 9.17) is 0 Å². The first-order valence-corrected chi connectivity index (χ1v) is 9.41. The third-order valence-corrected chi connectivity index (χ3v) is 6.07. The lowest BCUT2D eigenvalue weighted by Gasteiger charge is -2.29. The van der Waals surface area contributed by atoms with Gasteiger partial charge in [0.05, 0.1) is 11.0 Å². The first-order chi connectivity index (χ1) is 10.4. The lowest BCUT2D eigenvalue weighted by Crippen LogP contribution is -2.37. The quantitative estimate of drug-likeness (QED) is 0.705. The van der Waals surface area contributed by atoms with Crippen molar-refractivity contribution in [3.63, 3.8) is 0 Å². The molecule has 0 aromatic carbocycles. The smallest absolute Gasteiger partial charge is 0.242 e. The number of hydrogen-bond acceptors (Lipinski definition) is 4. The molecule has 0 spiro atoms. The molecule has 4 nitrogen and oxygen atoms in total. The lowest BCUT2D eigenvalue weighted by atomic mass is 9.83. The van der Waals surface area contributed by atoms with Crippen LogP contribution < -0.4 is 0 Å². The summed E-state index contributed by atoms with van der Waals surface area (Å²) in [4.78, 5) is 37.7. The predicted octanol–water partition coefficient (Wildman–Crippen LogP) is 2.90. The zero-order chi connectivity index (χ0) is 16.3. The highest BCUT2D eigenvalue weighted by Crippen LogP contribution is 2.32. The molecule has 1 aliphatic carbocycles. The first kappa shape index (κ1) is 17.5. The van der Waals surface area contributed by atoms with Crippen LogP contribution >= 0.6 is 11.8 Å². The van der Waals surface area contributed by atoms with Crippen molar-refractivity contribution in [3.05, 3.63) is 0 Å². The van der Waals surface area contributed by atoms with Crippen LogP contribution in [0.3, 0.4) is 0 Å². The van der Waals surface area contributed by atoms with E-state index in [-0.39, 0.29) is 35.2 Å². The van der Waals surface area contributed by atoms with Crippen LogP contribution in [0.4, 0.5) is 0 Å². The highest BCUT2D eigenvalue weighted by molar-refractivity contribution is 8.01. The summed E-state index contributed by atoms with van der Waals surface area (Å²) in [7, 11) is 0. The Labute approximate surface area is 137 Å². The van der Waals surface area contributed by atoms with Gasteiger partial charge in [0, 0.05) is 18.9 Å². The highest BCUT2D eigenvalue weighted by Gasteiger charge is 2.40. The summed E-state index contributed by atoms with van der Waals surface area (Å²) in [6.07, 6.45) is 4.88. The Balaban J connectivity index is 1.84. The fourth-order valence-corrected chi connectivity index (χ4v) is 4.32. The Bertz CT molecular complexity index is 441. The number of nitrogens with zero attached hydrogens (tertiary/aromatic N) is 1.